The van der Waals surface area contributed by atoms with E-state index in [4.69, 9.17) is 16.0 Å². The van der Waals surface area contributed by atoms with Gasteiger partial charge in [-0.3, -0.25) is 15.0 Å². The van der Waals surface area contributed by atoms with Gasteiger partial charge in [0.25, 0.3) is 0 Å². The number of benzene rings is 1. The number of nitrogen functional groups attached to an aromatic ring is 1. The number of methoxy groups -OCH3 is 1. The number of hydrogen-bond acceptors (Lipinski definition) is 6. The van der Waals surface area contributed by atoms with E-state index in [1.165, 1.54) is 7.11 Å². The third-order valence-corrected chi connectivity index (χ3v) is 3.88. The van der Waals surface area contributed by atoms with E-state index in [-0.39, 0.29) is 36.8 Å². The molecule has 1 aromatic rings. The Hall–Kier alpha value is -2.90. The quantitative estimate of drug-likeness (QED) is 0.382. The van der Waals surface area contributed by atoms with Crippen LogP contribution in [0, 0.1) is 11.3 Å². The van der Waals surface area contributed by atoms with Crippen LogP contribution in [0.1, 0.15) is 30.9 Å². The summed E-state index contributed by atoms with van der Waals surface area (Å²) < 4.78 is 4.61. The number of hydrogen-bond donors (Lipinski definition) is 3. The molecule has 1 aromatic carbocycles. The normalized spacial score (nSPS) is 17.2. The van der Waals surface area contributed by atoms with Crippen molar-refractivity contribution in [3.8, 4) is 0 Å². The zero-order chi connectivity index (χ0) is 18.4. The van der Waals surface area contributed by atoms with Crippen LogP contribution >= 0.6 is 0 Å². The first-order valence-corrected chi connectivity index (χ1v) is 7.92. The molecule has 134 valence electrons. The number of esters is 1. The van der Waals surface area contributed by atoms with Crippen molar-refractivity contribution in [2.24, 2.45) is 16.8 Å². The first kappa shape index (κ1) is 18.4. The fourth-order valence-electron chi connectivity index (χ4n) is 2.38. The molecule has 2 atom stereocenters. The van der Waals surface area contributed by atoms with Gasteiger partial charge in [-0.15, -0.1) is 0 Å². The number of amides is 1. The summed E-state index contributed by atoms with van der Waals surface area (Å²) in [7, 11) is 1.31. The summed E-state index contributed by atoms with van der Waals surface area (Å²) in [4.78, 5) is 28.6. The number of carbonyl (C=O) groups excluding carboxylic acids is 2. The number of nitrogens with zero attached hydrogens (tertiary/aromatic N) is 1. The molecule has 25 heavy (non-hydrogen) atoms. The van der Waals surface area contributed by atoms with Crippen LogP contribution in [0.25, 0.3) is 0 Å². The molecule has 8 heteroatoms. The second-order valence-electron chi connectivity index (χ2n) is 5.89. The van der Waals surface area contributed by atoms with Gasteiger partial charge >= 0.3 is 5.97 Å². The van der Waals surface area contributed by atoms with Crippen LogP contribution in [0.2, 0.25) is 0 Å². The van der Waals surface area contributed by atoms with E-state index in [9.17, 15) is 9.59 Å². The van der Waals surface area contributed by atoms with Gasteiger partial charge in [-0.2, -0.15) is 0 Å². The van der Waals surface area contributed by atoms with Gasteiger partial charge in [-0.25, -0.2) is 0 Å². The van der Waals surface area contributed by atoms with Crippen molar-refractivity contribution in [1.29, 1.82) is 5.41 Å². The first-order valence-electron chi connectivity index (χ1n) is 7.92. The highest BCUT2D eigenvalue weighted by atomic mass is 16.6. The Balaban J connectivity index is 1.80. The van der Waals surface area contributed by atoms with E-state index in [1.54, 1.807) is 19.1 Å². The molecule has 1 aliphatic rings. The molecule has 1 aliphatic heterocycles. The van der Waals surface area contributed by atoms with Gasteiger partial charge in [0.1, 0.15) is 11.9 Å². The van der Waals surface area contributed by atoms with Crippen LogP contribution in [0.5, 0.6) is 0 Å². The maximum atomic E-state index is 11.9. The molecule has 0 unspecified atom stereocenters. The highest BCUT2D eigenvalue weighted by molar-refractivity contribution is 6.02. The fourth-order valence-corrected chi connectivity index (χ4v) is 2.38. The Morgan fingerprint density at radius 1 is 1.44 bits per heavy atom. The maximum absolute atomic E-state index is 11.9. The van der Waals surface area contributed by atoms with E-state index in [0.717, 1.165) is 11.3 Å². The molecule has 0 saturated carbocycles. The van der Waals surface area contributed by atoms with Crippen molar-refractivity contribution in [3.05, 3.63) is 35.4 Å². The van der Waals surface area contributed by atoms with Crippen LogP contribution in [-0.4, -0.2) is 43.2 Å². The van der Waals surface area contributed by atoms with Gasteiger partial charge in [0, 0.05) is 18.5 Å². The zero-order valence-electron chi connectivity index (χ0n) is 14.2. The molecule has 0 radical (unpaired) electrons. The number of nitrogens with two attached hydrogens (primary N) is 1. The molecule has 0 aromatic heterocycles. The van der Waals surface area contributed by atoms with Gasteiger partial charge in [-0.1, -0.05) is 36.3 Å². The minimum absolute atomic E-state index is 0.00638. The lowest BCUT2D eigenvalue weighted by Crippen LogP contribution is -2.34. The minimum atomic E-state index is -0.398. The molecule has 0 aliphatic carbocycles. The minimum Gasteiger partial charge on any atom is -0.469 e. The summed E-state index contributed by atoms with van der Waals surface area (Å²) in [6.45, 7) is 1.91. The number of carbonyl (C=O) groups is 2. The largest absolute Gasteiger partial charge is 0.469 e. The van der Waals surface area contributed by atoms with Crippen LogP contribution in [0.15, 0.2) is 29.4 Å². The molecule has 2 rings (SSSR count). The fraction of sp³-hybridized carbons (Fsp3) is 0.412. The van der Waals surface area contributed by atoms with E-state index in [2.05, 4.69) is 15.2 Å². The topological polar surface area (TPSA) is 127 Å². The summed E-state index contributed by atoms with van der Waals surface area (Å²) in [5, 5.41) is 14.1. The standard InChI is InChI=1S/C17H22N4O4/c1-10(17(23)24-2)9-20-15(22)8-13-7-14(21-25-13)11-3-5-12(6-4-11)16(18)19/h3-6,10,13H,7-9H2,1-2H3,(H3,18,19)(H,20,22)/t10-,13+/m0/s1. The lowest BCUT2D eigenvalue weighted by Gasteiger charge is -2.12. The molecule has 0 spiro atoms. The van der Waals surface area contributed by atoms with E-state index in [0.29, 0.717) is 12.0 Å². The Bertz CT molecular complexity index is 684. The van der Waals surface area contributed by atoms with Crippen molar-refractivity contribution < 1.29 is 19.2 Å². The molecule has 1 heterocycles. The predicted molar refractivity (Wildman–Crippen MR) is 92.3 cm³/mol. The highest BCUT2D eigenvalue weighted by Crippen LogP contribution is 2.19. The molecular weight excluding hydrogens is 324 g/mol. The van der Waals surface area contributed by atoms with Crippen molar-refractivity contribution in [2.45, 2.75) is 25.9 Å². The first-order chi connectivity index (χ1) is 11.9. The monoisotopic (exact) mass is 346 g/mol. The molecule has 0 saturated heterocycles. The Labute approximate surface area is 145 Å². The van der Waals surface area contributed by atoms with Crippen LogP contribution in [0.4, 0.5) is 0 Å². The van der Waals surface area contributed by atoms with E-state index in [1.807, 2.05) is 12.1 Å². The molecule has 0 fully saturated rings. The zero-order valence-corrected chi connectivity index (χ0v) is 14.2. The second-order valence-corrected chi connectivity index (χ2v) is 5.89. The maximum Gasteiger partial charge on any atom is 0.310 e. The lowest BCUT2D eigenvalue weighted by molar-refractivity contribution is -0.144. The summed E-state index contributed by atoms with van der Waals surface area (Å²) in [6, 6.07) is 7.13. The van der Waals surface area contributed by atoms with Crippen molar-refractivity contribution in [3.63, 3.8) is 0 Å². The average molecular weight is 346 g/mol. The van der Waals surface area contributed by atoms with Gasteiger partial charge in [0.05, 0.1) is 25.2 Å². The Kier molecular flexibility index (Phi) is 6.10. The number of oxime groups is 1. The summed E-state index contributed by atoms with van der Waals surface area (Å²) in [5.41, 5.74) is 7.68. The van der Waals surface area contributed by atoms with E-state index >= 15 is 0 Å². The predicted octanol–water partition coefficient (Wildman–Crippen LogP) is 0.779. The molecule has 8 nitrogen and oxygen atoms in total. The van der Waals surface area contributed by atoms with Gasteiger partial charge < -0.3 is 20.6 Å². The number of ether oxygens (including phenoxy) is 1. The highest BCUT2D eigenvalue weighted by Gasteiger charge is 2.25. The SMILES string of the molecule is COC(=O)[C@@H](C)CNC(=O)C[C@H]1CC(c2ccc(C(=N)N)cc2)=NO1. The molecule has 1 amide bonds. The van der Waals surface area contributed by atoms with Crippen LogP contribution < -0.4 is 11.1 Å². The van der Waals surface area contributed by atoms with Gasteiger partial charge in [0.15, 0.2) is 0 Å². The molecular formula is C17H22N4O4. The number of amidine groups is 1. The van der Waals surface area contributed by atoms with Crippen molar-refractivity contribution in [1.82, 2.24) is 5.32 Å². The van der Waals surface area contributed by atoms with Gasteiger partial charge in [0.2, 0.25) is 5.91 Å². The molecule has 4 N–H and O–H groups in total. The number of rotatable bonds is 7. The summed E-state index contributed by atoms with van der Waals surface area (Å²) >= 11 is 0. The third-order valence-electron chi connectivity index (χ3n) is 3.88. The van der Waals surface area contributed by atoms with Crippen LogP contribution in [-0.2, 0) is 19.2 Å². The third kappa shape index (κ3) is 5.03. The average Bonchev–Trinajstić information content (AvgIpc) is 3.07. The summed E-state index contributed by atoms with van der Waals surface area (Å²) in [5.74, 6) is -0.960. The van der Waals surface area contributed by atoms with Crippen molar-refractivity contribution in [2.75, 3.05) is 13.7 Å². The lowest BCUT2D eigenvalue weighted by atomic mass is 10.0. The van der Waals surface area contributed by atoms with Crippen molar-refractivity contribution >= 4 is 23.4 Å². The molecule has 0 bridgehead atoms. The van der Waals surface area contributed by atoms with Crippen LogP contribution in [0.3, 0.4) is 0 Å². The second kappa shape index (κ2) is 8.27. The number of nitrogens with one attached hydrogen (secondary N) is 2. The Morgan fingerprint density at radius 3 is 2.72 bits per heavy atom. The summed E-state index contributed by atoms with van der Waals surface area (Å²) in [6.07, 6.45) is 0.335. The van der Waals surface area contributed by atoms with E-state index < -0.39 is 5.92 Å². The Morgan fingerprint density at radius 2 is 2.12 bits per heavy atom. The smallest absolute Gasteiger partial charge is 0.310 e. The van der Waals surface area contributed by atoms with Gasteiger partial charge in [-0.05, 0) is 5.56 Å².